The molecule has 0 spiro atoms. The average Bonchev–Trinajstić information content (AvgIpc) is 3.12. The van der Waals surface area contributed by atoms with Crippen molar-refractivity contribution in [3.8, 4) is 0 Å². The number of pyridine rings is 1. The Balaban J connectivity index is 1.54. The summed E-state index contributed by atoms with van der Waals surface area (Å²) >= 11 is 7.60. The predicted molar refractivity (Wildman–Crippen MR) is 116 cm³/mol. The van der Waals surface area contributed by atoms with E-state index in [1.807, 2.05) is 48.5 Å². The summed E-state index contributed by atoms with van der Waals surface area (Å²) in [6.07, 6.45) is 1.57. The standard InChI is InChI=1S/C20H16ClN3O2S2/c21-15-10-17(20(23-11-15)27-12-13-4-3-6-16(22)8-13)24-28(25)19-9-14-5-1-2-7-18(14)26-19/h1-11,24H,12,22H2. The number of nitrogens with zero attached hydrogens (tertiary/aromatic N) is 1. The Kier molecular flexibility index (Phi) is 5.57. The maximum Gasteiger partial charge on any atom is 0.212 e. The molecule has 28 heavy (non-hydrogen) atoms. The fourth-order valence-corrected chi connectivity index (χ4v) is 4.60. The first-order valence-electron chi connectivity index (χ1n) is 8.38. The van der Waals surface area contributed by atoms with Crippen LogP contribution in [0.3, 0.4) is 0 Å². The van der Waals surface area contributed by atoms with Gasteiger partial charge in [0.15, 0.2) is 11.0 Å². The van der Waals surface area contributed by atoms with Crippen molar-refractivity contribution in [1.82, 2.24) is 4.98 Å². The van der Waals surface area contributed by atoms with Crippen molar-refractivity contribution >= 4 is 56.7 Å². The van der Waals surface area contributed by atoms with Crippen molar-refractivity contribution in [2.24, 2.45) is 0 Å². The van der Waals surface area contributed by atoms with E-state index >= 15 is 0 Å². The molecule has 5 nitrogen and oxygen atoms in total. The summed E-state index contributed by atoms with van der Waals surface area (Å²) in [6, 6.07) is 18.7. The normalized spacial score (nSPS) is 12.2. The molecule has 0 saturated heterocycles. The van der Waals surface area contributed by atoms with E-state index in [1.165, 1.54) is 11.8 Å². The topological polar surface area (TPSA) is 81.1 Å². The van der Waals surface area contributed by atoms with Crippen LogP contribution in [0, 0.1) is 0 Å². The van der Waals surface area contributed by atoms with Gasteiger partial charge in [-0.05, 0) is 29.8 Å². The molecule has 2 aromatic carbocycles. The number of anilines is 2. The van der Waals surface area contributed by atoms with Crippen molar-refractivity contribution < 1.29 is 8.63 Å². The van der Waals surface area contributed by atoms with E-state index in [2.05, 4.69) is 9.71 Å². The Morgan fingerprint density at radius 1 is 1.14 bits per heavy atom. The zero-order valence-electron chi connectivity index (χ0n) is 14.6. The lowest BCUT2D eigenvalue weighted by Gasteiger charge is -2.10. The number of fused-ring (bicyclic) bond motifs is 1. The van der Waals surface area contributed by atoms with Crippen LogP contribution in [-0.4, -0.2) is 9.19 Å². The van der Waals surface area contributed by atoms with Crippen LogP contribution in [0.2, 0.25) is 5.02 Å². The van der Waals surface area contributed by atoms with E-state index in [-0.39, 0.29) is 0 Å². The van der Waals surface area contributed by atoms with Crippen LogP contribution in [0.15, 0.2) is 81.4 Å². The average molecular weight is 430 g/mol. The number of hydrogen-bond donors (Lipinski definition) is 2. The molecule has 142 valence electrons. The van der Waals surface area contributed by atoms with Crippen molar-refractivity contribution in [2.45, 2.75) is 15.9 Å². The molecule has 0 saturated carbocycles. The number of halogens is 1. The summed E-state index contributed by atoms with van der Waals surface area (Å²) < 4.78 is 21.4. The van der Waals surface area contributed by atoms with Crippen LogP contribution in [0.5, 0.6) is 0 Å². The number of hydrogen-bond acceptors (Lipinski definition) is 5. The Bertz CT molecular complexity index is 1130. The third-order valence-corrected chi connectivity index (χ3v) is 6.19. The molecule has 8 heteroatoms. The van der Waals surface area contributed by atoms with Crippen LogP contribution in [0.25, 0.3) is 11.0 Å². The molecular formula is C20H16ClN3O2S2. The molecule has 2 heterocycles. The third kappa shape index (κ3) is 4.32. The molecular weight excluding hydrogens is 414 g/mol. The predicted octanol–water partition coefficient (Wildman–Crippen LogP) is 5.49. The molecule has 0 fully saturated rings. The number of aromatic nitrogens is 1. The number of nitrogens with one attached hydrogen (secondary N) is 1. The smallest absolute Gasteiger partial charge is 0.212 e. The lowest BCUT2D eigenvalue weighted by molar-refractivity contribution is 0.504. The van der Waals surface area contributed by atoms with Gasteiger partial charge in [0.2, 0.25) is 5.09 Å². The van der Waals surface area contributed by atoms with Crippen molar-refractivity contribution in [1.29, 1.82) is 0 Å². The summed E-state index contributed by atoms with van der Waals surface area (Å²) in [5.41, 5.74) is 8.90. The number of rotatable bonds is 6. The number of benzene rings is 2. The highest BCUT2D eigenvalue weighted by Crippen LogP contribution is 2.32. The van der Waals surface area contributed by atoms with Crippen LogP contribution >= 0.6 is 23.4 Å². The number of nitrogens with two attached hydrogens (primary N) is 1. The molecule has 0 amide bonds. The number of thioether (sulfide) groups is 1. The second kappa shape index (κ2) is 8.26. The van der Waals surface area contributed by atoms with Crippen LogP contribution < -0.4 is 10.5 Å². The second-order valence-electron chi connectivity index (χ2n) is 6.01. The minimum Gasteiger partial charge on any atom is -0.445 e. The monoisotopic (exact) mass is 429 g/mol. The zero-order chi connectivity index (χ0) is 19.5. The summed E-state index contributed by atoms with van der Waals surface area (Å²) in [5.74, 6) is 0.672. The number of para-hydroxylation sites is 1. The van der Waals surface area contributed by atoms with Crippen LogP contribution in [0.1, 0.15) is 5.56 Å². The van der Waals surface area contributed by atoms with Gasteiger partial charge in [0.05, 0.1) is 10.7 Å². The van der Waals surface area contributed by atoms with Gasteiger partial charge >= 0.3 is 0 Å². The molecule has 1 unspecified atom stereocenters. The Labute approximate surface area is 173 Å². The fourth-order valence-electron chi connectivity index (χ4n) is 2.65. The quantitative estimate of drug-likeness (QED) is 0.313. The van der Waals surface area contributed by atoms with E-state index in [0.29, 0.717) is 37.9 Å². The molecule has 4 rings (SSSR count). The Morgan fingerprint density at radius 3 is 2.82 bits per heavy atom. The Hall–Kier alpha value is -2.48. The van der Waals surface area contributed by atoms with Crippen molar-refractivity contribution in [3.05, 3.63) is 77.4 Å². The molecule has 3 N–H and O–H groups in total. The maximum absolute atomic E-state index is 12.8. The largest absolute Gasteiger partial charge is 0.445 e. The zero-order valence-corrected chi connectivity index (χ0v) is 17.0. The summed E-state index contributed by atoms with van der Waals surface area (Å²) in [6.45, 7) is 0. The molecule has 2 aromatic heterocycles. The first-order valence-corrected chi connectivity index (χ1v) is 10.9. The van der Waals surface area contributed by atoms with Gasteiger partial charge in [0.1, 0.15) is 10.6 Å². The molecule has 0 radical (unpaired) electrons. The fraction of sp³-hybridized carbons (Fsp3) is 0.0500. The maximum atomic E-state index is 12.8. The Morgan fingerprint density at radius 2 is 2.00 bits per heavy atom. The summed E-state index contributed by atoms with van der Waals surface area (Å²) in [4.78, 5) is 4.38. The molecule has 1 atom stereocenters. The lowest BCUT2D eigenvalue weighted by Crippen LogP contribution is -2.05. The van der Waals surface area contributed by atoms with E-state index in [9.17, 15) is 4.21 Å². The SMILES string of the molecule is Nc1cccc(CSc2ncc(Cl)cc2NS(=O)c2cc3ccccc3o2)c1. The van der Waals surface area contributed by atoms with Gasteiger partial charge in [-0.25, -0.2) is 9.19 Å². The van der Waals surface area contributed by atoms with E-state index in [0.717, 1.165) is 10.9 Å². The second-order valence-corrected chi connectivity index (χ2v) is 8.56. The summed E-state index contributed by atoms with van der Waals surface area (Å²) in [7, 11) is -1.59. The van der Waals surface area contributed by atoms with Crippen molar-refractivity contribution in [3.63, 3.8) is 0 Å². The van der Waals surface area contributed by atoms with Gasteiger partial charge in [-0.15, -0.1) is 0 Å². The van der Waals surface area contributed by atoms with Gasteiger partial charge in [0, 0.05) is 29.1 Å². The number of nitrogen functional groups attached to an aromatic ring is 1. The van der Waals surface area contributed by atoms with Crippen LogP contribution in [-0.2, 0) is 16.7 Å². The van der Waals surface area contributed by atoms with Gasteiger partial charge in [-0.2, -0.15) is 0 Å². The lowest BCUT2D eigenvalue weighted by atomic mass is 10.2. The molecule has 0 aliphatic carbocycles. The third-order valence-electron chi connectivity index (χ3n) is 3.93. The van der Waals surface area contributed by atoms with Gasteiger partial charge in [-0.1, -0.05) is 53.7 Å². The highest BCUT2D eigenvalue weighted by Gasteiger charge is 2.14. The van der Waals surface area contributed by atoms with Gasteiger partial charge < -0.3 is 10.2 Å². The summed E-state index contributed by atoms with van der Waals surface area (Å²) in [5, 5.41) is 2.38. The van der Waals surface area contributed by atoms with Gasteiger partial charge in [-0.3, -0.25) is 4.72 Å². The highest BCUT2D eigenvalue weighted by molar-refractivity contribution is 7.98. The number of furan rings is 1. The van der Waals surface area contributed by atoms with E-state index in [4.69, 9.17) is 21.8 Å². The molecule has 0 aliphatic rings. The van der Waals surface area contributed by atoms with Crippen LogP contribution in [0.4, 0.5) is 11.4 Å². The first-order chi connectivity index (χ1) is 13.6. The molecule has 4 aromatic rings. The minimum atomic E-state index is -1.59. The minimum absolute atomic E-state index is 0.341. The highest BCUT2D eigenvalue weighted by atomic mass is 35.5. The van der Waals surface area contributed by atoms with E-state index in [1.54, 1.807) is 18.3 Å². The first kappa shape index (κ1) is 18.9. The molecule has 0 aliphatic heterocycles. The van der Waals surface area contributed by atoms with E-state index < -0.39 is 11.0 Å². The molecule has 0 bridgehead atoms. The van der Waals surface area contributed by atoms with Gasteiger partial charge in [0.25, 0.3) is 0 Å². The van der Waals surface area contributed by atoms with Crippen molar-refractivity contribution in [2.75, 3.05) is 10.5 Å².